The van der Waals surface area contributed by atoms with Gasteiger partial charge in [0.2, 0.25) is 0 Å². The summed E-state index contributed by atoms with van der Waals surface area (Å²) in [6.45, 7) is 0. The zero-order valence-electron chi connectivity index (χ0n) is 10.7. The van der Waals surface area contributed by atoms with Crippen LogP contribution in [0.15, 0.2) is 53.1 Å². The van der Waals surface area contributed by atoms with E-state index in [9.17, 15) is 15.2 Å². The number of halogens is 1. The predicted octanol–water partition coefficient (Wildman–Crippen LogP) is 4.28. The van der Waals surface area contributed by atoms with Gasteiger partial charge >= 0.3 is 0 Å². The minimum atomic E-state index is -0.449. The maximum Gasteiger partial charge on any atom is 0.295 e. The first-order chi connectivity index (χ1) is 10.1. The Hall–Kier alpha value is -2.47. The Morgan fingerprint density at radius 3 is 2.52 bits per heavy atom. The lowest BCUT2D eigenvalue weighted by atomic mass is 9.99. The lowest BCUT2D eigenvalue weighted by Gasteiger charge is -2.08. The fourth-order valence-corrected chi connectivity index (χ4v) is 2.59. The number of aromatic nitrogens is 1. The predicted molar refractivity (Wildman–Crippen MR) is 83.2 cm³/mol. The summed E-state index contributed by atoms with van der Waals surface area (Å²) in [6.07, 6.45) is 1.26. The van der Waals surface area contributed by atoms with Gasteiger partial charge in [-0.05, 0) is 35.9 Å². The molecule has 1 heterocycles. The van der Waals surface area contributed by atoms with Gasteiger partial charge in [0.1, 0.15) is 11.9 Å². The molecule has 3 rings (SSSR count). The number of rotatable bonds is 2. The average Bonchev–Trinajstić information content (AvgIpc) is 2.47. The third-order valence-corrected chi connectivity index (χ3v) is 3.66. The average molecular weight is 345 g/mol. The summed E-state index contributed by atoms with van der Waals surface area (Å²) < 4.78 is 0.817. The van der Waals surface area contributed by atoms with Crippen LogP contribution in [0.25, 0.3) is 22.0 Å². The van der Waals surface area contributed by atoms with Gasteiger partial charge in [0.25, 0.3) is 5.69 Å². The van der Waals surface area contributed by atoms with Crippen molar-refractivity contribution in [3.8, 4) is 16.9 Å². The zero-order chi connectivity index (χ0) is 15.0. The first kappa shape index (κ1) is 13.5. The Morgan fingerprint density at radius 2 is 1.86 bits per heavy atom. The van der Waals surface area contributed by atoms with Gasteiger partial charge in [-0.1, -0.05) is 28.1 Å². The summed E-state index contributed by atoms with van der Waals surface area (Å²) in [5.74, 6) is 0.112. The number of phenols is 1. The van der Waals surface area contributed by atoms with E-state index in [0.29, 0.717) is 22.0 Å². The molecule has 0 saturated carbocycles. The highest BCUT2D eigenvalue weighted by atomic mass is 79.9. The maximum absolute atomic E-state index is 11.3. The Bertz CT molecular complexity index is 847. The van der Waals surface area contributed by atoms with Crippen molar-refractivity contribution in [2.75, 3.05) is 0 Å². The minimum Gasteiger partial charge on any atom is -0.508 e. The molecule has 104 valence electrons. The van der Waals surface area contributed by atoms with Crippen molar-refractivity contribution in [2.45, 2.75) is 0 Å². The number of pyridine rings is 1. The van der Waals surface area contributed by atoms with Gasteiger partial charge in [0.15, 0.2) is 0 Å². The minimum absolute atomic E-state index is 0.0636. The Kier molecular flexibility index (Phi) is 3.31. The van der Waals surface area contributed by atoms with Gasteiger partial charge in [-0.2, -0.15) is 0 Å². The molecule has 0 fully saturated rings. The molecule has 0 unspecified atom stereocenters. The number of fused-ring (bicyclic) bond motifs is 1. The van der Waals surface area contributed by atoms with Crippen LogP contribution in [0.3, 0.4) is 0 Å². The van der Waals surface area contributed by atoms with Crippen molar-refractivity contribution >= 4 is 32.5 Å². The zero-order valence-corrected chi connectivity index (χ0v) is 12.2. The van der Waals surface area contributed by atoms with Crippen molar-refractivity contribution in [1.29, 1.82) is 0 Å². The van der Waals surface area contributed by atoms with E-state index in [4.69, 9.17) is 0 Å². The van der Waals surface area contributed by atoms with E-state index in [1.54, 1.807) is 24.3 Å². The number of hydrogen-bond acceptors (Lipinski definition) is 4. The van der Waals surface area contributed by atoms with Crippen molar-refractivity contribution in [3.63, 3.8) is 0 Å². The van der Waals surface area contributed by atoms with Gasteiger partial charge in [-0.3, -0.25) is 10.1 Å². The summed E-state index contributed by atoms with van der Waals surface area (Å²) in [5.41, 5.74) is 1.76. The Morgan fingerprint density at radius 1 is 1.14 bits per heavy atom. The first-order valence-corrected chi connectivity index (χ1v) is 6.87. The monoisotopic (exact) mass is 344 g/mol. The lowest BCUT2D eigenvalue weighted by molar-refractivity contribution is -0.384. The molecule has 0 spiro atoms. The molecule has 1 N–H and O–H groups in total. The van der Waals surface area contributed by atoms with Gasteiger partial charge in [0.05, 0.1) is 16.0 Å². The maximum atomic E-state index is 11.3. The van der Waals surface area contributed by atoms with Crippen LogP contribution >= 0.6 is 15.9 Å². The van der Waals surface area contributed by atoms with Crippen molar-refractivity contribution in [1.82, 2.24) is 4.98 Å². The topological polar surface area (TPSA) is 76.3 Å². The third-order valence-electron chi connectivity index (χ3n) is 3.16. The molecule has 0 bridgehead atoms. The van der Waals surface area contributed by atoms with Crippen LogP contribution in [0.2, 0.25) is 0 Å². The van der Waals surface area contributed by atoms with E-state index >= 15 is 0 Å². The summed E-state index contributed by atoms with van der Waals surface area (Å²) in [7, 11) is 0. The fourth-order valence-electron chi connectivity index (χ4n) is 2.22. The molecule has 0 aliphatic rings. The van der Waals surface area contributed by atoms with E-state index < -0.39 is 4.92 Å². The van der Waals surface area contributed by atoms with Crippen LogP contribution in [-0.4, -0.2) is 15.0 Å². The van der Waals surface area contributed by atoms with Crippen molar-refractivity contribution in [3.05, 3.63) is 63.2 Å². The Balaban J connectivity index is 2.40. The van der Waals surface area contributed by atoms with Crippen LogP contribution < -0.4 is 0 Å². The van der Waals surface area contributed by atoms with Crippen LogP contribution in [0.4, 0.5) is 5.69 Å². The SMILES string of the molecule is O=[N+]([O-])c1cnc2ccc(Br)cc2c1-c1ccc(O)cc1. The third kappa shape index (κ3) is 2.45. The highest BCUT2D eigenvalue weighted by molar-refractivity contribution is 9.10. The molecule has 0 atom stereocenters. The van der Waals surface area contributed by atoms with Crippen molar-refractivity contribution in [2.24, 2.45) is 0 Å². The molecule has 0 aliphatic heterocycles. The van der Waals surface area contributed by atoms with Gasteiger partial charge in [-0.15, -0.1) is 0 Å². The number of hydrogen-bond donors (Lipinski definition) is 1. The summed E-state index contributed by atoms with van der Waals surface area (Å²) in [4.78, 5) is 15.0. The normalized spacial score (nSPS) is 10.7. The van der Waals surface area contributed by atoms with Crippen molar-refractivity contribution < 1.29 is 10.0 Å². The molecule has 1 aromatic heterocycles. The highest BCUT2D eigenvalue weighted by Crippen LogP contribution is 2.37. The molecule has 3 aromatic rings. The number of phenolic OH excluding ortho intramolecular Hbond substituents is 1. The molecule has 0 radical (unpaired) electrons. The second kappa shape index (κ2) is 5.14. The second-order valence-corrected chi connectivity index (χ2v) is 5.40. The molecule has 21 heavy (non-hydrogen) atoms. The first-order valence-electron chi connectivity index (χ1n) is 6.08. The van der Waals surface area contributed by atoms with Gasteiger partial charge < -0.3 is 5.11 Å². The van der Waals surface area contributed by atoms with Gasteiger partial charge in [0, 0.05) is 9.86 Å². The molecule has 0 saturated heterocycles. The fraction of sp³-hybridized carbons (Fsp3) is 0. The smallest absolute Gasteiger partial charge is 0.295 e. The Labute approximate surface area is 128 Å². The molecular formula is C15H9BrN2O3. The molecule has 2 aromatic carbocycles. The highest BCUT2D eigenvalue weighted by Gasteiger charge is 2.19. The lowest BCUT2D eigenvalue weighted by Crippen LogP contribution is -1.95. The quantitative estimate of drug-likeness (QED) is 0.556. The van der Waals surface area contributed by atoms with Crippen LogP contribution in [-0.2, 0) is 0 Å². The second-order valence-electron chi connectivity index (χ2n) is 4.48. The molecule has 0 aliphatic carbocycles. The number of nitrogens with zero attached hydrogens (tertiary/aromatic N) is 2. The number of benzene rings is 2. The van der Waals surface area contributed by atoms with Crippen LogP contribution in [0, 0.1) is 10.1 Å². The van der Waals surface area contributed by atoms with E-state index in [0.717, 1.165) is 4.47 Å². The molecular weight excluding hydrogens is 336 g/mol. The van der Waals surface area contributed by atoms with Crippen LogP contribution in [0.5, 0.6) is 5.75 Å². The standard InChI is InChI=1S/C15H9BrN2O3/c16-10-3-6-13-12(7-10)15(14(8-17-13)18(20)21)9-1-4-11(19)5-2-9/h1-8,19H. The summed E-state index contributed by atoms with van der Waals surface area (Å²) in [6, 6.07) is 11.7. The van der Waals surface area contributed by atoms with Crippen LogP contribution in [0.1, 0.15) is 0 Å². The largest absolute Gasteiger partial charge is 0.508 e. The summed E-state index contributed by atoms with van der Waals surface area (Å²) in [5, 5.41) is 21.4. The van der Waals surface area contributed by atoms with Gasteiger partial charge in [-0.25, -0.2) is 4.98 Å². The van der Waals surface area contributed by atoms with E-state index in [2.05, 4.69) is 20.9 Å². The van der Waals surface area contributed by atoms with E-state index in [1.807, 2.05) is 6.07 Å². The number of nitro groups is 1. The van der Waals surface area contributed by atoms with E-state index in [1.165, 1.54) is 18.3 Å². The number of aromatic hydroxyl groups is 1. The summed E-state index contributed by atoms with van der Waals surface area (Å²) >= 11 is 3.37. The molecule has 5 nitrogen and oxygen atoms in total. The molecule has 6 heteroatoms. The molecule has 0 amide bonds. The van der Waals surface area contributed by atoms with E-state index in [-0.39, 0.29) is 11.4 Å².